The van der Waals surface area contributed by atoms with E-state index in [4.69, 9.17) is 11.6 Å². The van der Waals surface area contributed by atoms with Gasteiger partial charge >= 0.3 is 0 Å². The molecule has 0 aliphatic rings. The van der Waals surface area contributed by atoms with Crippen LogP contribution in [0.1, 0.15) is 11.4 Å². The van der Waals surface area contributed by atoms with Gasteiger partial charge in [-0.2, -0.15) is 5.10 Å². The lowest BCUT2D eigenvalue weighted by Crippen LogP contribution is -2.17. The molecule has 0 aliphatic heterocycles. The van der Waals surface area contributed by atoms with Gasteiger partial charge in [-0.15, -0.1) is 0 Å². The molecule has 20 heavy (non-hydrogen) atoms. The average molecular weight is 296 g/mol. The van der Waals surface area contributed by atoms with Crippen LogP contribution in [0.2, 0.25) is 5.02 Å². The third-order valence-corrected chi connectivity index (χ3v) is 3.10. The van der Waals surface area contributed by atoms with Crippen molar-refractivity contribution in [2.45, 2.75) is 13.0 Å². The van der Waals surface area contributed by atoms with Crippen LogP contribution in [0.25, 0.3) is 0 Å². The Morgan fingerprint density at radius 2 is 2.30 bits per heavy atom. The zero-order chi connectivity index (χ0) is 14.5. The Bertz CT molecular complexity index is 614. The van der Waals surface area contributed by atoms with Gasteiger partial charge in [0.25, 0.3) is 5.69 Å². The molecule has 0 bridgehead atoms. The zero-order valence-corrected chi connectivity index (χ0v) is 11.7. The number of nitro benzene ring substituents is 1. The number of aromatic nitrogens is 3. The maximum atomic E-state index is 10.7. The van der Waals surface area contributed by atoms with Gasteiger partial charge in [0.15, 0.2) is 5.82 Å². The van der Waals surface area contributed by atoms with Crippen molar-refractivity contribution in [2.75, 3.05) is 6.54 Å². The summed E-state index contributed by atoms with van der Waals surface area (Å²) in [5.74, 6) is 0.755. The van der Waals surface area contributed by atoms with Crippen molar-refractivity contribution in [3.05, 3.63) is 51.1 Å². The summed E-state index contributed by atoms with van der Waals surface area (Å²) < 4.78 is 1.65. The predicted molar refractivity (Wildman–Crippen MR) is 74.5 cm³/mol. The highest BCUT2D eigenvalue weighted by Gasteiger charge is 2.09. The van der Waals surface area contributed by atoms with Crippen molar-refractivity contribution in [1.82, 2.24) is 20.1 Å². The first kappa shape index (κ1) is 14.4. The van der Waals surface area contributed by atoms with Gasteiger partial charge in [-0.05, 0) is 11.6 Å². The standard InChI is InChI=1S/C12H14ClN5O2/c1-17-8-15-12(16-17)4-5-14-7-9-6-10(18(19)20)2-3-11(9)13/h2-3,6,8,14H,4-5,7H2,1H3. The first-order valence-corrected chi connectivity index (χ1v) is 6.42. The molecule has 0 saturated heterocycles. The molecule has 106 valence electrons. The van der Waals surface area contributed by atoms with E-state index >= 15 is 0 Å². The number of hydrogen-bond donors (Lipinski definition) is 1. The Hall–Kier alpha value is -1.99. The van der Waals surface area contributed by atoms with Crippen LogP contribution in [0.5, 0.6) is 0 Å². The highest BCUT2D eigenvalue weighted by molar-refractivity contribution is 6.31. The Morgan fingerprint density at radius 3 is 2.95 bits per heavy atom. The summed E-state index contributed by atoms with van der Waals surface area (Å²) in [6.45, 7) is 1.14. The molecule has 1 aromatic carbocycles. The summed E-state index contributed by atoms with van der Waals surface area (Å²) in [7, 11) is 1.81. The zero-order valence-electron chi connectivity index (χ0n) is 10.9. The van der Waals surface area contributed by atoms with Gasteiger partial charge in [0.2, 0.25) is 0 Å². The second kappa shape index (κ2) is 6.44. The summed E-state index contributed by atoms with van der Waals surface area (Å²) in [6, 6.07) is 4.41. The number of benzene rings is 1. The van der Waals surface area contributed by atoms with E-state index in [2.05, 4.69) is 15.4 Å². The maximum Gasteiger partial charge on any atom is 0.269 e. The fourth-order valence-corrected chi connectivity index (χ4v) is 1.92. The van der Waals surface area contributed by atoms with Crippen LogP contribution in [0.15, 0.2) is 24.5 Å². The number of nitro groups is 1. The molecule has 8 heteroatoms. The van der Waals surface area contributed by atoms with Gasteiger partial charge in [0.1, 0.15) is 6.33 Å². The Morgan fingerprint density at radius 1 is 1.50 bits per heavy atom. The van der Waals surface area contributed by atoms with Gasteiger partial charge in [-0.25, -0.2) is 4.98 Å². The minimum atomic E-state index is -0.433. The number of aryl methyl sites for hydroxylation is 1. The van der Waals surface area contributed by atoms with Crippen LogP contribution in [0, 0.1) is 10.1 Å². The second-order valence-electron chi connectivity index (χ2n) is 4.29. The normalized spacial score (nSPS) is 10.7. The Labute approximate surface area is 120 Å². The molecule has 0 atom stereocenters. The van der Waals surface area contributed by atoms with Gasteiger partial charge in [0.05, 0.1) is 4.92 Å². The van der Waals surface area contributed by atoms with E-state index in [1.54, 1.807) is 11.0 Å². The lowest BCUT2D eigenvalue weighted by atomic mass is 10.2. The number of rotatable bonds is 6. The van der Waals surface area contributed by atoms with Crippen molar-refractivity contribution in [3.8, 4) is 0 Å². The molecule has 1 aromatic heterocycles. The van der Waals surface area contributed by atoms with Crippen LogP contribution >= 0.6 is 11.6 Å². The molecule has 0 radical (unpaired) electrons. The monoisotopic (exact) mass is 295 g/mol. The van der Waals surface area contributed by atoms with Gasteiger partial charge < -0.3 is 5.32 Å². The summed E-state index contributed by atoms with van der Waals surface area (Å²) >= 11 is 6.01. The number of halogens is 1. The van der Waals surface area contributed by atoms with Crippen LogP contribution in [-0.2, 0) is 20.0 Å². The molecular weight excluding hydrogens is 282 g/mol. The maximum absolute atomic E-state index is 10.7. The van der Waals surface area contributed by atoms with Crippen LogP contribution in [-0.4, -0.2) is 26.2 Å². The Kier molecular flexibility index (Phi) is 4.65. The minimum Gasteiger partial charge on any atom is -0.312 e. The molecule has 1 heterocycles. The van der Waals surface area contributed by atoms with Crippen molar-refractivity contribution >= 4 is 17.3 Å². The van der Waals surface area contributed by atoms with Crippen LogP contribution in [0.3, 0.4) is 0 Å². The smallest absolute Gasteiger partial charge is 0.269 e. The molecule has 2 rings (SSSR count). The lowest BCUT2D eigenvalue weighted by molar-refractivity contribution is -0.384. The van der Waals surface area contributed by atoms with Crippen LogP contribution < -0.4 is 5.32 Å². The van der Waals surface area contributed by atoms with E-state index in [0.29, 0.717) is 30.1 Å². The van der Waals surface area contributed by atoms with Gasteiger partial charge in [-0.3, -0.25) is 14.8 Å². The summed E-state index contributed by atoms with van der Waals surface area (Å²) in [5.41, 5.74) is 0.743. The van der Waals surface area contributed by atoms with E-state index in [1.165, 1.54) is 18.2 Å². The molecular formula is C12H14ClN5O2. The van der Waals surface area contributed by atoms with Crippen molar-refractivity contribution in [1.29, 1.82) is 0 Å². The molecule has 0 saturated carbocycles. The van der Waals surface area contributed by atoms with E-state index in [-0.39, 0.29) is 5.69 Å². The number of hydrogen-bond acceptors (Lipinski definition) is 5. The molecule has 0 spiro atoms. The topological polar surface area (TPSA) is 85.9 Å². The fourth-order valence-electron chi connectivity index (χ4n) is 1.73. The van der Waals surface area contributed by atoms with E-state index < -0.39 is 4.92 Å². The van der Waals surface area contributed by atoms with Crippen molar-refractivity contribution in [3.63, 3.8) is 0 Å². The SMILES string of the molecule is Cn1cnc(CCNCc2cc([N+](=O)[O-])ccc2Cl)n1. The quantitative estimate of drug-likeness (QED) is 0.498. The predicted octanol–water partition coefficient (Wildman–Crippen LogP) is 1.71. The van der Waals surface area contributed by atoms with Crippen molar-refractivity contribution in [2.24, 2.45) is 7.05 Å². The molecule has 0 unspecified atom stereocenters. The largest absolute Gasteiger partial charge is 0.312 e. The van der Waals surface area contributed by atoms with E-state index in [0.717, 1.165) is 5.82 Å². The average Bonchev–Trinajstić information content (AvgIpc) is 2.82. The highest BCUT2D eigenvalue weighted by Crippen LogP contribution is 2.21. The van der Waals surface area contributed by atoms with Gasteiger partial charge in [0, 0.05) is 43.7 Å². The molecule has 0 amide bonds. The van der Waals surface area contributed by atoms with Crippen LogP contribution in [0.4, 0.5) is 5.69 Å². The summed E-state index contributed by atoms with van der Waals surface area (Å²) in [6.07, 6.45) is 2.33. The number of nitrogens with zero attached hydrogens (tertiary/aromatic N) is 4. The van der Waals surface area contributed by atoms with E-state index in [9.17, 15) is 10.1 Å². The first-order valence-electron chi connectivity index (χ1n) is 6.04. The fraction of sp³-hybridized carbons (Fsp3) is 0.333. The third-order valence-electron chi connectivity index (χ3n) is 2.73. The van der Waals surface area contributed by atoms with Crippen molar-refractivity contribution < 1.29 is 4.92 Å². The number of nitrogens with one attached hydrogen (secondary N) is 1. The molecule has 0 fully saturated rings. The second-order valence-corrected chi connectivity index (χ2v) is 4.70. The Balaban J connectivity index is 1.87. The molecule has 7 nitrogen and oxygen atoms in total. The van der Waals surface area contributed by atoms with Gasteiger partial charge in [-0.1, -0.05) is 11.6 Å². The lowest BCUT2D eigenvalue weighted by Gasteiger charge is -2.05. The third kappa shape index (κ3) is 3.75. The summed E-state index contributed by atoms with van der Waals surface area (Å²) in [5, 5.41) is 18.5. The molecule has 2 aromatic rings. The molecule has 1 N–H and O–H groups in total. The molecule has 0 aliphatic carbocycles. The number of non-ortho nitro benzene ring substituents is 1. The highest BCUT2D eigenvalue weighted by atomic mass is 35.5. The minimum absolute atomic E-state index is 0.0394. The summed E-state index contributed by atoms with van der Waals surface area (Å²) in [4.78, 5) is 14.4. The first-order chi connectivity index (χ1) is 9.56. The van der Waals surface area contributed by atoms with E-state index in [1.807, 2.05) is 7.05 Å².